The van der Waals surface area contributed by atoms with Crippen LogP contribution in [0.15, 0.2) is 59.7 Å². The molecule has 0 saturated heterocycles. The molecule has 3 aromatic rings. The Morgan fingerprint density at radius 2 is 1.86 bits per heavy atom. The molecule has 1 aromatic carbocycles. The van der Waals surface area contributed by atoms with Gasteiger partial charge in [-0.05, 0) is 36.1 Å². The Balaban J connectivity index is 2.00. The Labute approximate surface area is 170 Å². The number of hydrogen-bond donors (Lipinski definition) is 1. The van der Waals surface area contributed by atoms with Crippen LogP contribution in [0.3, 0.4) is 0 Å². The number of nitrogens with one attached hydrogen (secondary N) is 1. The predicted octanol–water partition coefficient (Wildman–Crippen LogP) is 4.51. The highest BCUT2D eigenvalue weighted by Gasteiger charge is 2.26. The summed E-state index contributed by atoms with van der Waals surface area (Å²) >= 11 is 0. The Hall–Kier alpha value is -3.21. The zero-order valence-corrected chi connectivity index (χ0v) is 17.0. The first kappa shape index (κ1) is 19.1. The molecule has 0 bridgehead atoms. The second kappa shape index (κ2) is 7.32. The lowest BCUT2D eigenvalue weighted by atomic mass is 9.94. The van der Waals surface area contributed by atoms with Crippen LogP contribution >= 0.6 is 0 Å². The third-order valence-corrected chi connectivity index (χ3v) is 5.30. The van der Waals surface area contributed by atoms with Gasteiger partial charge in [0.2, 0.25) is 5.91 Å². The van der Waals surface area contributed by atoms with Gasteiger partial charge in [-0.2, -0.15) is 0 Å². The first-order valence-electron chi connectivity index (χ1n) is 9.94. The number of benzene rings is 1. The van der Waals surface area contributed by atoms with Crippen molar-refractivity contribution in [1.82, 2.24) is 9.55 Å². The van der Waals surface area contributed by atoms with E-state index < -0.39 is 5.41 Å². The van der Waals surface area contributed by atoms with E-state index in [-0.39, 0.29) is 11.5 Å². The van der Waals surface area contributed by atoms with Gasteiger partial charge in [0.05, 0.1) is 5.69 Å². The maximum Gasteiger partial charge on any atom is 0.274 e. The van der Waals surface area contributed by atoms with E-state index in [1.165, 1.54) is 5.56 Å². The number of aromatic nitrogens is 2. The zero-order chi connectivity index (χ0) is 20.6. The summed E-state index contributed by atoms with van der Waals surface area (Å²) in [5, 5.41) is 2.87. The summed E-state index contributed by atoms with van der Waals surface area (Å²) < 4.78 is 1.80. The van der Waals surface area contributed by atoms with Gasteiger partial charge in [-0.3, -0.25) is 14.6 Å². The van der Waals surface area contributed by atoms with E-state index in [2.05, 4.69) is 10.3 Å². The molecule has 29 heavy (non-hydrogen) atoms. The van der Waals surface area contributed by atoms with Crippen LogP contribution < -0.4 is 10.9 Å². The van der Waals surface area contributed by atoms with Gasteiger partial charge in [-0.25, -0.2) is 0 Å². The number of fused-ring (bicyclic) bond motifs is 3. The van der Waals surface area contributed by atoms with Crippen molar-refractivity contribution in [2.45, 2.75) is 40.2 Å². The fraction of sp³-hybridized carbons (Fsp3) is 0.292. The van der Waals surface area contributed by atoms with E-state index in [0.29, 0.717) is 12.2 Å². The van der Waals surface area contributed by atoms with Crippen LogP contribution in [0.5, 0.6) is 0 Å². The van der Waals surface area contributed by atoms with E-state index in [0.717, 1.165) is 35.2 Å². The van der Waals surface area contributed by atoms with Crippen LogP contribution in [0.2, 0.25) is 0 Å². The summed E-state index contributed by atoms with van der Waals surface area (Å²) in [6, 6.07) is 13.8. The minimum Gasteiger partial charge on any atom is -0.321 e. The second-order valence-corrected chi connectivity index (χ2v) is 8.48. The average Bonchev–Trinajstić information content (AvgIpc) is 2.90. The van der Waals surface area contributed by atoms with Crippen LogP contribution in [0.4, 0.5) is 5.69 Å². The summed E-state index contributed by atoms with van der Waals surface area (Å²) in [4.78, 5) is 30.3. The standard InChI is InChI=1S/C24H25N3O2/c1-24(2,3)23(29)26-20-14-18(16-8-5-4-6-9-16)21-19-15-25-12-11-17(19)10-7-13-27(21)22(20)28/h4-6,8-9,11-12,14-15H,7,10,13H2,1-3H3,(H,26,29). The van der Waals surface area contributed by atoms with Crippen molar-refractivity contribution in [2.24, 2.45) is 5.41 Å². The number of amides is 1. The van der Waals surface area contributed by atoms with E-state index in [1.807, 2.05) is 69.4 Å². The number of hydrogen-bond acceptors (Lipinski definition) is 3. The summed E-state index contributed by atoms with van der Waals surface area (Å²) in [7, 11) is 0. The van der Waals surface area contributed by atoms with E-state index in [9.17, 15) is 9.59 Å². The molecular formula is C24H25N3O2. The molecular weight excluding hydrogens is 362 g/mol. The average molecular weight is 387 g/mol. The number of nitrogens with zero attached hydrogens (tertiary/aromatic N) is 2. The number of pyridine rings is 2. The summed E-state index contributed by atoms with van der Waals surface area (Å²) in [5.41, 5.74) is 4.52. The zero-order valence-electron chi connectivity index (χ0n) is 17.0. The molecule has 0 fully saturated rings. The molecule has 0 unspecified atom stereocenters. The summed E-state index contributed by atoms with van der Waals surface area (Å²) in [6.45, 7) is 6.11. The van der Waals surface area contributed by atoms with Gasteiger partial charge >= 0.3 is 0 Å². The lowest BCUT2D eigenvalue weighted by Crippen LogP contribution is -2.33. The lowest BCUT2D eigenvalue weighted by Gasteiger charge is -2.21. The molecule has 5 nitrogen and oxygen atoms in total. The number of rotatable bonds is 2. The van der Waals surface area contributed by atoms with Crippen molar-refractivity contribution in [3.63, 3.8) is 0 Å². The fourth-order valence-electron chi connectivity index (χ4n) is 3.69. The van der Waals surface area contributed by atoms with Gasteiger partial charge < -0.3 is 9.88 Å². The molecule has 1 aliphatic heterocycles. The van der Waals surface area contributed by atoms with Gasteiger partial charge in [0.15, 0.2) is 0 Å². The SMILES string of the molecule is CC(C)(C)C(=O)Nc1cc(-c2ccccc2)c2n(c1=O)CCCc1ccncc1-2. The van der Waals surface area contributed by atoms with Crippen molar-refractivity contribution in [3.05, 3.63) is 70.8 Å². The Morgan fingerprint density at radius 3 is 2.59 bits per heavy atom. The maximum atomic E-state index is 13.3. The van der Waals surface area contributed by atoms with Crippen molar-refractivity contribution in [2.75, 3.05) is 5.32 Å². The first-order valence-corrected chi connectivity index (χ1v) is 9.94. The third kappa shape index (κ3) is 3.60. The Kier molecular flexibility index (Phi) is 4.82. The second-order valence-electron chi connectivity index (χ2n) is 8.48. The van der Waals surface area contributed by atoms with Gasteiger partial charge in [0.25, 0.3) is 5.56 Å². The topological polar surface area (TPSA) is 64.0 Å². The van der Waals surface area contributed by atoms with E-state index in [4.69, 9.17) is 0 Å². The monoisotopic (exact) mass is 387 g/mol. The molecule has 4 rings (SSSR count). The molecule has 1 aliphatic rings. The van der Waals surface area contributed by atoms with Crippen LogP contribution in [-0.4, -0.2) is 15.5 Å². The quantitative estimate of drug-likeness (QED) is 0.704. The Morgan fingerprint density at radius 1 is 1.10 bits per heavy atom. The number of carbonyl (C=O) groups is 1. The third-order valence-electron chi connectivity index (χ3n) is 5.30. The van der Waals surface area contributed by atoms with E-state index >= 15 is 0 Å². The van der Waals surface area contributed by atoms with Crippen LogP contribution in [-0.2, 0) is 17.8 Å². The van der Waals surface area contributed by atoms with Crippen molar-refractivity contribution in [3.8, 4) is 22.4 Å². The number of carbonyl (C=O) groups excluding carboxylic acids is 1. The van der Waals surface area contributed by atoms with Crippen LogP contribution in [0.25, 0.3) is 22.4 Å². The highest BCUT2D eigenvalue weighted by atomic mass is 16.2. The van der Waals surface area contributed by atoms with E-state index in [1.54, 1.807) is 10.8 Å². The smallest absolute Gasteiger partial charge is 0.274 e. The van der Waals surface area contributed by atoms with Crippen molar-refractivity contribution < 1.29 is 4.79 Å². The minimum absolute atomic E-state index is 0.172. The highest BCUT2D eigenvalue weighted by Crippen LogP contribution is 2.36. The van der Waals surface area contributed by atoms with Gasteiger partial charge in [0.1, 0.15) is 5.69 Å². The molecule has 148 valence electrons. The fourth-order valence-corrected chi connectivity index (χ4v) is 3.69. The minimum atomic E-state index is -0.590. The van der Waals surface area contributed by atoms with Gasteiger partial charge in [-0.15, -0.1) is 0 Å². The molecule has 0 spiro atoms. The van der Waals surface area contributed by atoms with Crippen molar-refractivity contribution in [1.29, 1.82) is 0 Å². The summed E-state index contributed by atoms with van der Waals surface area (Å²) in [5.74, 6) is -0.176. The van der Waals surface area contributed by atoms with Gasteiger partial charge in [-0.1, -0.05) is 51.1 Å². The van der Waals surface area contributed by atoms with Crippen LogP contribution in [0, 0.1) is 5.41 Å². The molecule has 1 amide bonds. The molecule has 0 saturated carbocycles. The number of aryl methyl sites for hydroxylation is 1. The molecule has 3 heterocycles. The molecule has 5 heteroatoms. The summed E-state index contributed by atoms with van der Waals surface area (Å²) in [6.07, 6.45) is 5.38. The predicted molar refractivity (Wildman–Crippen MR) is 116 cm³/mol. The highest BCUT2D eigenvalue weighted by molar-refractivity contribution is 5.96. The number of anilines is 1. The molecule has 0 aliphatic carbocycles. The lowest BCUT2D eigenvalue weighted by molar-refractivity contribution is -0.123. The molecule has 0 radical (unpaired) electrons. The molecule has 1 N–H and O–H groups in total. The van der Waals surface area contributed by atoms with Crippen molar-refractivity contribution >= 4 is 11.6 Å². The molecule has 2 aromatic heterocycles. The largest absolute Gasteiger partial charge is 0.321 e. The van der Waals surface area contributed by atoms with Gasteiger partial charge in [0, 0.05) is 35.5 Å². The van der Waals surface area contributed by atoms with Crippen LogP contribution in [0.1, 0.15) is 32.8 Å². The first-order chi connectivity index (χ1) is 13.9. The maximum absolute atomic E-state index is 13.3. The molecule has 0 atom stereocenters. The normalized spacial score (nSPS) is 13.2. The Bertz CT molecular complexity index is 1130.